The lowest BCUT2D eigenvalue weighted by atomic mass is 10.1. The minimum atomic E-state index is -0.304. The van der Waals surface area contributed by atoms with Crippen molar-refractivity contribution in [2.45, 2.75) is 26.3 Å². The van der Waals surface area contributed by atoms with Gasteiger partial charge in [-0.25, -0.2) is 4.79 Å². The van der Waals surface area contributed by atoms with Gasteiger partial charge in [0.05, 0.1) is 12.7 Å². The number of esters is 1. The zero-order valence-corrected chi connectivity index (χ0v) is 9.41. The van der Waals surface area contributed by atoms with Crippen LogP contribution in [0.4, 0.5) is 5.69 Å². The number of benzene rings is 1. The fourth-order valence-corrected chi connectivity index (χ4v) is 1.26. The van der Waals surface area contributed by atoms with Crippen molar-refractivity contribution in [1.82, 2.24) is 0 Å². The van der Waals surface area contributed by atoms with Gasteiger partial charge >= 0.3 is 5.97 Å². The van der Waals surface area contributed by atoms with E-state index in [0.717, 1.165) is 12.1 Å². The van der Waals surface area contributed by atoms with Gasteiger partial charge in [-0.3, -0.25) is 0 Å². The summed E-state index contributed by atoms with van der Waals surface area (Å²) < 4.78 is 4.71. The summed E-state index contributed by atoms with van der Waals surface area (Å²) in [6, 6.07) is 7.72. The molecule has 0 heterocycles. The third kappa shape index (κ3) is 2.98. The maximum absolute atomic E-state index is 11.4. The van der Waals surface area contributed by atoms with Crippen molar-refractivity contribution in [2.75, 3.05) is 12.4 Å². The van der Waals surface area contributed by atoms with Crippen molar-refractivity contribution >= 4 is 11.7 Å². The molecule has 1 unspecified atom stereocenters. The molecule has 15 heavy (non-hydrogen) atoms. The largest absolute Gasteiger partial charge is 0.465 e. The molecule has 82 valence electrons. The van der Waals surface area contributed by atoms with Crippen LogP contribution in [-0.4, -0.2) is 19.1 Å². The molecule has 0 saturated heterocycles. The lowest BCUT2D eigenvalue weighted by Crippen LogP contribution is -2.16. The van der Waals surface area contributed by atoms with Gasteiger partial charge in [-0.05, 0) is 25.5 Å². The first kappa shape index (κ1) is 11.6. The fourth-order valence-electron chi connectivity index (χ4n) is 1.26. The summed E-state index contributed by atoms with van der Waals surface area (Å²) in [6.07, 6.45) is 1.01. The van der Waals surface area contributed by atoms with Gasteiger partial charge in [-0.15, -0.1) is 0 Å². The predicted molar refractivity (Wildman–Crippen MR) is 61.2 cm³/mol. The molecule has 0 aliphatic rings. The van der Waals surface area contributed by atoms with Crippen LogP contribution >= 0.6 is 0 Å². The molecule has 0 spiro atoms. The van der Waals surface area contributed by atoms with Crippen LogP contribution in [0.15, 0.2) is 24.3 Å². The highest BCUT2D eigenvalue weighted by Gasteiger charge is 2.11. The lowest BCUT2D eigenvalue weighted by Gasteiger charge is -2.15. The van der Waals surface area contributed by atoms with Crippen molar-refractivity contribution in [3.05, 3.63) is 29.8 Å². The monoisotopic (exact) mass is 207 g/mol. The Hall–Kier alpha value is -1.51. The van der Waals surface area contributed by atoms with E-state index in [9.17, 15) is 4.79 Å². The van der Waals surface area contributed by atoms with Gasteiger partial charge in [0.2, 0.25) is 0 Å². The molecule has 1 aromatic rings. The van der Waals surface area contributed by atoms with E-state index in [1.54, 1.807) is 6.07 Å². The molecule has 1 aromatic carbocycles. The number of methoxy groups -OCH3 is 1. The second kappa shape index (κ2) is 5.39. The SMILES string of the molecule is CCC(C)Nc1ccccc1C(=O)OC. The summed E-state index contributed by atoms with van der Waals surface area (Å²) in [5.74, 6) is -0.304. The summed E-state index contributed by atoms with van der Waals surface area (Å²) >= 11 is 0. The number of hydrogen-bond donors (Lipinski definition) is 1. The van der Waals surface area contributed by atoms with Gasteiger partial charge in [-0.1, -0.05) is 19.1 Å². The van der Waals surface area contributed by atoms with E-state index in [-0.39, 0.29) is 5.97 Å². The molecule has 0 fully saturated rings. The maximum Gasteiger partial charge on any atom is 0.339 e. The van der Waals surface area contributed by atoms with E-state index in [1.165, 1.54) is 7.11 Å². The smallest absolute Gasteiger partial charge is 0.339 e. The minimum absolute atomic E-state index is 0.304. The molecule has 0 bridgehead atoms. The quantitative estimate of drug-likeness (QED) is 0.771. The maximum atomic E-state index is 11.4. The number of carbonyl (C=O) groups is 1. The molecule has 0 saturated carbocycles. The summed E-state index contributed by atoms with van der Waals surface area (Å²) in [5.41, 5.74) is 1.42. The van der Waals surface area contributed by atoms with E-state index in [0.29, 0.717) is 11.6 Å². The van der Waals surface area contributed by atoms with Crippen LogP contribution < -0.4 is 5.32 Å². The molecular weight excluding hydrogens is 190 g/mol. The van der Waals surface area contributed by atoms with Crippen LogP contribution in [0.3, 0.4) is 0 Å². The summed E-state index contributed by atoms with van der Waals surface area (Å²) in [4.78, 5) is 11.4. The van der Waals surface area contributed by atoms with Crippen LogP contribution in [-0.2, 0) is 4.74 Å². The van der Waals surface area contributed by atoms with Crippen molar-refractivity contribution in [3.8, 4) is 0 Å². The molecule has 0 radical (unpaired) electrons. The van der Waals surface area contributed by atoms with E-state index >= 15 is 0 Å². The van der Waals surface area contributed by atoms with Crippen LogP contribution in [0, 0.1) is 0 Å². The first-order valence-corrected chi connectivity index (χ1v) is 5.13. The predicted octanol–water partition coefficient (Wildman–Crippen LogP) is 2.68. The number of carbonyl (C=O) groups excluding carboxylic acids is 1. The Morgan fingerprint density at radius 2 is 2.13 bits per heavy atom. The van der Waals surface area contributed by atoms with E-state index in [2.05, 4.69) is 19.2 Å². The number of ether oxygens (including phenoxy) is 1. The van der Waals surface area contributed by atoms with Crippen LogP contribution in [0.25, 0.3) is 0 Å². The Morgan fingerprint density at radius 3 is 2.73 bits per heavy atom. The van der Waals surface area contributed by atoms with E-state index < -0.39 is 0 Å². The molecule has 0 amide bonds. The minimum Gasteiger partial charge on any atom is -0.465 e. The topological polar surface area (TPSA) is 38.3 Å². The molecule has 1 atom stereocenters. The fraction of sp³-hybridized carbons (Fsp3) is 0.417. The number of hydrogen-bond acceptors (Lipinski definition) is 3. The highest BCUT2D eigenvalue weighted by atomic mass is 16.5. The number of nitrogens with one attached hydrogen (secondary N) is 1. The molecule has 0 aromatic heterocycles. The van der Waals surface area contributed by atoms with E-state index in [1.807, 2.05) is 18.2 Å². The Balaban J connectivity index is 2.91. The van der Waals surface area contributed by atoms with Gasteiger partial charge in [0.25, 0.3) is 0 Å². The van der Waals surface area contributed by atoms with E-state index in [4.69, 9.17) is 4.74 Å². The van der Waals surface area contributed by atoms with Crippen LogP contribution in [0.1, 0.15) is 30.6 Å². The molecule has 1 N–H and O–H groups in total. The Morgan fingerprint density at radius 1 is 1.47 bits per heavy atom. The van der Waals surface area contributed by atoms with Gasteiger partial charge in [-0.2, -0.15) is 0 Å². The molecule has 1 rings (SSSR count). The zero-order chi connectivity index (χ0) is 11.3. The number of anilines is 1. The highest BCUT2D eigenvalue weighted by Crippen LogP contribution is 2.17. The first-order chi connectivity index (χ1) is 7.19. The second-order valence-corrected chi connectivity index (χ2v) is 3.49. The molecule has 0 aliphatic heterocycles. The molecule has 0 aliphatic carbocycles. The Kier molecular flexibility index (Phi) is 4.16. The summed E-state index contributed by atoms with van der Waals surface area (Å²) in [7, 11) is 1.39. The first-order valence-electron chi connectivity index (χ1n) is 5.13. The second-order valence-electron chi connectivity index (χ2n) is 3.49. The summed E-state index contributed by atoms with van der Waals surface area (Å²) in [6.45, 7) is 4.17. The van der Waals surface area contributed by atoms with Crippen LogP contribution in [0.5, 0.6) is 0 Å². The van der Waals surface area contributed by atoms with Crippen molar-refractivity contribution < 1.29 is 9.53 Å². The molecular formula is C12H17NO2. The van der Waals surface area contributed by atoms with Crippen LogP contribution in [0.2, 0.25) is 0 Å². The summed E-state index contributed by atoms with van der Waals surface area (Å²) in [5, 5.41) is 3.27. The van der Waals surface area contributed by atoms with Crippen molar-refractivity contribution in [2.24, 2.45) is 0 Å². The highest BCUT2D eigenvalue weighted by molar-refractivity contribution is 5.95. The number of rotatable bonds is 4. The molecule has 3 nitrogen and oxygen atoms in total. The Labute approximate surface area is 90.4 Å². The average molecular weight is 207 g/mol. The van der Waals surface area contributed by atoms with Gasteiger partial charge in [0.1, 0.15) is 0 Å². The normalized spacial score (nSPS) is 11.9. The zero-order valence-electron chi connectivity index (χ0n) is 9.41. The standard InChI is InChI=1S/C12H17NO2/c1-4-9(2)13-11-8-6-5-7-10(11)12(14)15-3/h5-9,13H,4H2,1-3H3. The Bertz CT molecular complexity index is 336. The third-order valence-electron chi connectivity index (χ3n) is 2.35. The van der Waals surface area contributed by atoms with Crippen molar-refractivity contribution in [1.29, 1.82) is 0 Å². The van der Waals surface area contributed by atoms with Gasteiger partial charge in [0.15, 0.2) is 0 Å². The lowest BCUT2D eigenvalue weighted by molar-refractivity contribution is 0.0602. The molecule has 3 heteroatoms. The van der Waals surface area contributed by atoms with Gasteiger partial charge in [0, 0.05) is 11.7 Å². The number of para-hydroxylation sites is 1. The van der Waals surface area contributed by atoms with Crippen molar-refractivity contribution in [3.63, 3.8) is 0 Å². The van der Waals surface area contributed by atoms with Gasteiger partial charge < -0.3 is 10.1 Å². The average Bonchev–Trinajstić information content (AvgIpc) is 2.28. The third-order valence-corrected chi connectivity index (χ3v) is 2.35.